The summed E-state index contributed by atoms with van der Waals surface area (Å²) in [6.45, 7) is 4.67. The van der Waals surface area contributed by atoms with Crippen molar-refractivity contribution in [3.05, 3.63) is 64.1 Å². The lowest BCUT2D eigenvalue weighted by Crippen LogP contribution is -2.24. The molecule has 1 heterocycles. The van der Waals surface area contributed by atoms with Gasteiger partial charge < -0.3 is 10.6 Å². The zero-order valence-electron chi connectivity index (χ0n) is 14.3. The summed E-state index contributed by atoms with van der Waals surface area (Å²) in [6, 6.07) is 13.4. The van der Waals surface area contributed by atoms with Crippen LogP contribution in [-0.4, -0.2) is 18.4 Å². The molecule has 2 N–H and O–H groups in total. The Hall–Kier alpha value is -2.53. The van der Waals surface area contributed by atoms with Gasteiger partial charge in [0.2, 0.25) is 0 Å². The van der Waals surface area contributed by atoms with Crippen LogP contribution >= 0.6 is 11.8 Å². The van der Waals surface area contributed by atoms with E-state index < -0.39 is 0 Å². The van der Waals surface area contributed by atoms with Gasteiger partial charge in [-0.3, -0.25) is 9.59 Å². The van der Waals surface area contributed by atoms with Crippen LogP contribution in [0.15, 0.2) is 52.3 Å². The Morgan fingerprint density at radius 3 is 2.84 bits per heavy atom. The van der Waals surface area contributed by atoms with E-state index in [2.05, 4.69) is 10.6 Å². The monoisotopic (exact) mass is 352 g/mol. The third kappa shape index (κ3) is 4.12. The molecule has 3 rings (SSSR count). The van der Waals surface area contributed by atoms with Gasteiger partial charge in [-0.25, -0.2) is 0 Å². The number of anilines is 1. The van der Waals surface area contributed by atoms with Crippen LogP contribution in [0.1, 0.15) is 34.8 Å². The second-order valence-electron chi connectivity index (χ2n) is 5.95. The highest BCUT2D eigenvalue weighted by Gasteiger charge is 2.22. The van der Waals surface area contributed by atoms with Crippen LogP contribution in [0.2, 0.25) is 0 Å². The molecule has 25 heavy (non-hydrogen) atoms. The number of hydrogen-bond acceptors (Lipinski definition) is 3. The lowest BCUT2D eigenvalue weighted by Gasteiger charge is -2.19. The van der Waals surface area contributed by atoms with E-state index in [9.17, 15) is 9.59 Å². The number of fused-ring (bicyclic) bond motifs is 1. The topological polar surface area (TPSA) is 58.2 Å². The van der Waals surface area contributed by atoms with Crippen molar-refractivity contribution in [2.75, 3.05) is 11.9 Å². The van der Waals surface area contributed by atoms with Gasteiger partial charge in [0.05, 0.1) is 10.6 Å². The molecule has 1 aliphatic heterocycles. The maximum atomic E-state index is 12.4. The zero-order valence-corrected chi connectivity index (χ0v) is 15.1. The number of carbonyl (C=O) groups excluding carboxylic acids is 2. The third-order valence-electron chi connectivity index (χ3n) is 3.81. The van der Waals surface area contributed by atoms with Crippen molar-refractivity contribution >= 4 is 35.3 Å². The summed E-state index contributed by atoms with van der Waals surface area (Å²) in [6.07, 6.45) is 2.77. The van der Waals surface area contributed by atoms with Gasteiger partial charge in [0.1, 0.15) is 0 Å². The van der Waals surface area contributed by atoms with E-state index >= 15 is 0 Å². The normalized spacial score (nSPS) is 14.8. The van der Waals surface area contributed by atoms with Crippen LogP contribution in [0.5, 0.6) is 0 Å². The largest absolute Gasteiger partial charge is 0.352 e. The molecule has 2 amide bonds. The molecule has 0 radical (unpaired) electrons. The van der Waals surface area contributed by atoms with E-state index in [0.29, 0.717) is 22.7 Å². The van der Waals surface area contributed by atoms with Crippen LogP contribution in [0, 0.1) is 6.92 Å². The van der Waals surface area contributed by atoms with E-state index in [0.717, 1.165) is 22.4 Å². The van der Waals surface area contributed by atoms with Gasteiger partial charge in [-0.05, 0) is 43.2 Å². The molecule has 0 fully saturated rings. The number of aryl methyl sites for hydroxylation is 1. The van der Waals surface area contributed by atoms with Crippen molar-refractivity contribution in [3.63, 3.8) is 0 Å². The lowest BCUT2D eigenvalue weighted by atomic mass is 10.1. The molecule has 0 bridgehead atoms. The van der Waals surface area contributed by atoms with Crippen molar-refractivity contribution < 1.29 is 9.59 Å². The van der Waals surface area contributed by atoms with Crippen molar-refractivity contribution in [2.24, 2.45) is 0 Å². The number of benzene rings is 2. The number of carbonyl (C=O) groups is 2. The maximum Gasteiger partial charge on any atom is 0.262 e. The summed E-state index contributed by atoms with van der Waals surface area (Å²) in [7, 11) is 0. The first-order valence-electron chi connectivity index (χ1n) is 8.26. The lowest BCUT2D eigenvalue weighted by molar-refractivity contribution is -0.112. The minimum absolute atomic E-state index is 0.120. The average Bonchev–Trinajstić information content (AvgIpc) is 2.60. The molecule has 2 aromatic carbocycles. The standard InChI is InChI=1S/C20H20N2O2S/c1-3-9-21-19(23)15-7-8-17-16(12-15)22-20(24)18(25-17)11-14-6-4-5-13(2)10-14/h4-8,10-12H,3,9H2,1-2H3,(H,21,23)(H,22,24). The van der Waals surface area contributed by atoms with Gasteiger partial charge in [0, 0.05) is 17.0 Å². The average molecular weight is 352 g/mol. The fourth-order valence-electron chi connectivity index (χ4n) is 2.55. The highest BCUT2D eigenvalue weighted by Crippen LogP contribution is 2.39. The second-order valence-corrected chi connectivity index (χ2v) is 7.03. The van der Waals surface area contributed by atoms with Gasteiger partial charge in [-0.1, -0.05) is 48.5 Å². The number of rotatable bonds is 4. The third-order valence-corrected chi connectivity index (χ3v) is 4.91. The van der Waals surface area contributed by atoms with Crippen LogP contribution < -0.4 is 10.6 Å². The Morgan fingerprint density at radius 2 is 2.08 bits per heavy atom. The van der Waals surface area contributed by atoms with Gasteiger partial charge in [0.15, 0.2) is 0 Å². The Morgan fingerprint density at radius 1 is 1.24 bits per heavy atom. The highest BCUT2D eigenvalue weighted by atomic mass is 32.2. The van der Waals surface area contributed by atoms with Gasteiger partial charge in [-0.2, -0.15) is 0 Å². The summed E-state index contributed by atoms with van der Waals surface area (Å²) in [4.78, 5) is 26.0. The molecule has 0 saturated carbocycles. The molecule has 0 atom stereocenters. The predicted octanol–water partition coefficient (Wildman–Crippen LogP) is 4.22. The fraction of sp³-hybridized carbons (Fsp3) is 0.200. The summed E-state index contributed by atoms with van der Waals surface area (Å²) in [5.74, 6) is -0.268. The molecule has 0 unspecified atom stereocenters. The Bertz CT molecular complexity index is 859. The quantitative estimate of drug-likeness (QED) is 0.810. The maximum absolute atomic E-state index is 12.4. The highest BCUT2D eigenvalue weighted by molar-refractivity contribution is 8.04. The SMILES string of the molecule is CCCNC(=O)c1ccc2c(c1)NC(=O)C(=Cc1cccc(C)c1)S2. The molecule has 5 heteroatoms. The van der Waals surface area contributed by atoms with E-state index in [1.807, 2.05) is 50.3 Å². The van der Waals surface area contributed by atoms with E-state index in [1.54, 1.807) is 12.1 Å². The molecule has 128 valence electrons. The van der Waals surface area contributed by atoms with Gasteiger partial charge in [0.25, 0.3) is 11.8 Å². The molecule has 0 aromatic heterocycles. The predicted molar refractivity (Wildman–Crippen MR) is 103 cm³/mol. The summed E-state index contributed by atoms with van der Waals surface area (Å²) >= 11 is 1.42. The minimum Gasteiger partial charge on any atom is -0.352 e. The second kappa shape index (κ2) is 7.57. The Labute approximate surface area is 151 Å². The minimum atomic E-state index is -0.148. The van der Waals surface area contributed by atoms with Crippen LogP contribution in [0.3, 0.4) is 0 Å². The number of amides is 2. The van der Waals surface area contributed by atoms with E-state index in [4.69, 9.17) is 0 Å². The van der Waals surface area contributed by atoms with Crippen molar-refractivity contribution in [3.8, 4) is 0 Å². The number of thioether (sulfide) groups is 1. The van der Waals surface area contributed by atoms with Crippen molar-refractivity contribution in [2.45, 2.75) is 25.2 Å². The fourth-order valence-corrected chi connectivity index (χ4v) is 3.49. The first-order valence-corrected chi connectivity index (χ1v) is 9.08. The molecular weight excluding hydrogens is 332 g/mol. The number of nitrogens with one attached hydrogen (secondary N) is 2. The van der Waals surface area contributed by atoms with Crippen molar-refractivity contribution in [1.82, 2.24) is 5.32 Å². The van der Waals surface area contributed by atoms with Gasteiger partial charge >= 0.3 is 0 Å². The Kier molecular flexibility index (Phi) is 5.24. The van der Waals surface area contributed by atoms with E-state index in [-0.39, 0.29) is 11.8 Å². The molecule has 2 aromatic rings. The van der Waals surface area contributed by atoms with E-state index in [1.165, 1.54) is 11.8 Å². The first-order chi connectivity index (χ1) is 12.1. The smallest absolute Gasteiger partial charge is 0.262 e. The van der Waals surface area contributed by atoms with Crippen LogP contribution in [0.4, 0.5) is 5.69 Å². The summed E-state index contributed by atoms with van der Waals surface area (Å²) in [5, 5.41) is 5.73. The van der Waals surface area contributed by atoms with Gasteiger partial charge in [-0.15, -0.1) is 0 Å². The summed E-state index contributed by atoms with van der Waals surface area (Å²) in [5.41, 5.74) is 3.38. The molecule has 4 nitrogen and oxygen atoms in total. The zero-order chi connectivity index (χ0) is 17.8. The molecule has 0 spiro atoms. The van der Waals surface area contributed by atoms with Crippen LogP contribution in [-0.2, 0) is 4.79 Å². The molecule has 0 aliphatic carbocycles. The number of hydrogen-bond donors (Lipinski definition) is 2. The Balaban J connectivity index is 1.84. The van der Waals surface area contributed by atoms with Crippen molar-refractivity contribution in [1.29, 1.82) is 0 Å². The molecular formula is C20H20N2O2S. The first kappa shape index (κ1) is 17.3. The molecule has 1 aliphatic rings. The summed E-state index contributed by atoms with van der Waals surface area (Å²) < 4.78 is 0. The van der Waals surface area contributed by atoms with Crippen LogP contribution in [0.25, 0.3) is 6.08 Å². The molecule has 0 saturated heterocycles.